The van der Waals surface area contributed by atoms with Crippen LogP contribution in [0.3, 0.4) is 0 Å². The van der Waals surface area contributed by atoms with Crippen LogP contribution < -0.4 is 10.6 Å². The molecule has 0 spiro atoms. The van der Waals surface area contributed by atoms with Crippen molar-refractivity contribution < 1.29 is 9.53 Å². The molecule has 4 rings (SSSR count). The van der Waals surface area contributed by atoms with Crippen LogP contribution in [0.15, 0.2) is 36.7 Å². The molecule has 9 heteroatoms. The number of nitrogens with zero attached hydrogens (tertiary/aromatic N) is 5. The largest absolute Gasteiger partial charge is 0.379 e. The SMILES string of the molecule is CCNC(=O)Nc1nc2cc(-c3cccnc3)cc(CN3CCOCC3)n2n1. The molecule has 0 aliphatic carbocycles. The monoisotopic (exact) mass is 381 g/mol. The van der Waals surface area contributed by atoms with Gasteiger partial charge in [-0.2, -0.15) is 4.98 Å². The third-order valence-electron chi connectivity index (χ3n) is 4.56. The molecule has 1 aliphatic rings. The standard InChI is InChI=1S/C19H23N7O2/c1-2-21-19(27)23-18-22-17-11-15(14-4-3-5-20-12-14)10-16(26(17)24-18)13-25-6-8-28-9-7-25/h3-5,10-12H,2,6-9,13H2,1H3,(H2,21,23,24,27). The lowest BCUT2D eigenvalue weighted by Gasteiger charge is -2.26. The summed E-state index contributed by atoms with van der Waals surface area (Å²) in [5.74, 6) is 0.275. The van der Waals surface area contributed by atoms with Gasteiger partial charge in [-0.1, -0.05) is 6.07 Å². The van der Waals surface area contributed by atoms with E-state index in [1.54, 1.807) is 10.7 Å². The zero-order valence-corrected chi connectivity index (χ0v) is 15.8. The lowest BCUT2D eigenvalue weighted by atomic mass is 10.1. The van der Waals surface area contributed by atoms with Crippen molar-refractivity contribution in [2.75, 3.05) is 38.2 Å². The summed E-state index contributed by atoms with van der Waals surface area (Å²) in [7, 11) is 0. The summed E-state index contributed by atoms with van der Waals surface area (Å²) in [5.41, 5.74) is 3.70. The van der Waals surface area contributed by atoms with Gasteiger partial charge in [0.1, 0.15) is 0 Å². The average molecular weight is 381 g/mol. The van der Waals surface area contributed by atoms with E-state index in [1.165, 1.54) is 0 Å². The maximum Gasteiger partial charge on any atom is 0.321 e. The highest BCUT2D eigenvalue weighted by Crippen LogP contribution is 2.23. The molecule has 0 atom stereocenters. The first kappa shape index (κ1) is 18.3. The molecule has 0 aromatic carbocycles. The lowest BCUT2D eigenvalue weighted by molar-refractivity contribution is 0.0334. The summed E-state index contributed by atoms with van der Waals surface area (Å²) in [6.45, 7) is 6.32. The van der Waals surface area contributed by atoms with Crippen LogP contribution in [0.25, 0.3) is 16.8 Å². The van der Waals surface area contributed by atoms with Crippen LogP contribution in [0.5, 0.6) is 0 Å². The molecular formula is C19H23N7O2. The Morgan fingerprint density at radius 3 is 2.86 bits per heavy atom. The first-order chi connectivity index (χ1) is 13.7. The van der Waals surface area contributed by atoms with Crippen LogP contribution in [0, 0.1) is 0 Å². The fourth-order valence-corrected chi connectivity index (χ4v) is 3.21. The number of morpholine rings is 1. The second-order valence-corrected chi connectivity index (χ2v) is 6.56. The number of pyridine rings is 2. The third kappa shape index (κ3) is 4.10. The van der Waals surface area contributed by atoms with Crippen molar-refractivity contribution >= 4 is 17.6 Å². The fraction of sp³-hybridized carbons (Fsp3) is 0.368. The summed E-state index contributed by atoms with van der Waals surface area (Å²) in [4.78, 5) is 22.9. The van der Waals surface area contributed by atoms with E-state index in [4.69, 9.17) is 4.74 Å². The lowest BCUT2D eigenvalue weighted by Crippen LogP contribution is -2.36. The number of anilines is 1. The molecule has 146 valence electrons. The number of fused-ring (bicyclic) bond motifs is 1. The molecule has 1 aliphatic heterocycles. The van der Waals surface area contributed by atoms with Crippen LogP contribution in [-0.4, -0.2) is 63.4 Å². The predicted molar refractivity (Wildman–Crippen MR) is 105 cm³/mol. The molecule has 28 heavy (non-hydrogen) atoms. The van der Waals surface area contributed by atoms with Gasteiger partial charge in [0.15, 0.2) is 5.65 Å². The van der Waals surface area contributed by atoms with Gasteiger partial charge >= 0.3 is 6.03 Å². The van der Waals surface area contributed by atoms with Gasteiger partial charge in [-0.05, 0) is 30.7 Å². The minimum atomic E-state index is -0.319. The van der Waals surface area contributed by atoms with E-state index in [9.17, 15) is 4.79 Å². The van der Waals surface area contributed by atoms with Gasteiger partial charge < -0.3 is 10.1 Å². The zero-order chi connectivity index (χ0) is 19.3. The highest BCUT2D eigenvalue weighted by Gasteiger charge is 2.16. The molecule has 1 fully saturated rings. The molecule has 4 heterocycles. The molecule has 0 saturated carbocycles. The van der Waals surface area contributed by atoms with Crippen LogP contribution in [-0.2, 0) is 11.3 Å². The Balaban J connectivity index is 1.71. The van der Waals surface area contributed by atoms with Crippen molar-refractivity contribution in [1.29, 1.82) is 0 Å². The smallest absolute Gasteiger partial charge is 0.321 e. The third-order valence-corrected chi connectivity index (χ3v) is 4.56. The van der Waals surface area contributed by atoms with Crippen molar-refractivity contribution in [3.63, 3.8) is 0 Å². The summed E-state index contributed by atoms with van der Waals surface area (Å²) >= 11 is 0. The summed E-state index contributed by atoms with van der Waals surface area (Å²) in [6.07, 6.45) is 3.58. The Morgan fingerprint density at radius 2 is 2.11 bits per heavy atom. The quantitative estimate of drug-likeness (QED) is 0.699. The van der Waals surface area contributed by atoms with Crippen LogP contribution >= 0.6 is 0 Å². The molecule has 2 N–H and O–H groups in total. The predicted octanol–water partition coefficient (Wildman–Crippen LogP) is 1.76. The second-order valence-electron chi connectivity index (χ2n) is 6.56. The maximum atomic E-state index is 11.8. The number of nitrogens with one attached hydrogen (secondary N) is 2. The first-order valence-corrected chi connectivity index (χ1v) is 9.38. The minimum Gasteiger partial charge on any atom is -0.379 e. The molecule has 0 unspecified atom stereocenters. The molecule has 2 amide bonds. The van der Waals surface area contributed by atoms with Crippen molar-refractivity contribution in [1.82, 2.24) is 29.8 Å². The molecule has 1 saturated heterocycles. The van der Waals surface area contributed by atoms with Crippen LogP contribution in [0.4, 0.5) is 10.7 Å². The Hall–Kier alpha value is -3.04. The van der Waals surface area contributed by atoms with Crippen LogP contribution in [0.1, 0.15) is 12.6 Å². The van der Waals surface area contributed by atoms with E-state index in [0.29, 0.717) is 12.2 Å². The summed E-state index contributed by atoms with van der Waals surface area (Å²) in [5, 5.41) is 9.86. The van der Waals surface area contributed by atoms with Crippen molar-refractivity contribution in [3.8, 4) is 11.1 Å². The molecule has 3 aromatic heterocycles. The van der Waals surface area contributed by atoms with E-state index < -0.39 is 0 Å². The molecule has 0 radical (unpaired) electrons. The van der Waals surface area contributed by atoms with Crippen LogP contribution in [0.2, 0.25) is 0 Å². The van der Waals surface area contributed by atoms with Gasteiger partial charge in [-0.15, -0.1) is 5.10 Å². The van der Waals surface area contributed by atoms with E-state index in [0.717, 1.165) is 49.7 Å². The Bertz CT molecular complexity index is 952. The summed E-state index contributed by atoms with van der Waals surface area (Å²) in [6, 6.07) is 7.66. The number of amides is 2. The highest BCUT2D eigenvalue weighted by molar-refractivity contribution is 5.87. The number of carbonyl (C=O) groups is 1. The topological polar surface area (TPSA) is 96.7 Å². The van der Waals surface area contributed by atoms with Gasteiger partial charge in [0.25, 0.3) is 5.95 Å². The first-order valence-electron chi connectivity index (χ1n) is 9.38. The Kier molecular flexibility index (Phi) is 5.45. The maximum absolute atomic E-state index is 11.8. The molecule has 0 bridgehead atoms. The zero-order valence-electron chi connectivity index (χ0n) is 15.8. The van der Waals surface area contributed by atoms with Gasteiger partial charge in [0.2, 0.25) is 0 Å². The van der Waals surface area contributed by atoms with E-state index >= 15 is 0 Å². The summed E-state index contributed by atoms with van der Waals surface area (Å²) < 4.78 is 7.24. The number of rotatable bonds is 5. The van der Waals surface area contributed by atoms with E-state index in [1.807, 2.05) is 31.3 Å². The molecule has 3 aromatic rings. The highest BCUT2D eigenvalue weighted by atomic mass is 16.5. The van der Waals surface area contributed by atoms with E-state index in [2.05, 4.69) is 36.7 Å². The number of aromatic nitrogens is 4. The number of hydrogen-bond donors (Lipinski definition) is 2. The molecule has 9 nitrogen and oxygen atoms in total. The second kappa shape index (κ2) is 8.32. The number of urea groups is 1. The average Bonchev–Trinajstić information content (AvgIpc) is 3.12. The fourth-order valence-electron chi connectivity index (χ4n) is 3.21. The van der Waals surface area contributed by atoms with E-state index in [-0.39, 0.29) is 12.0 Å². The number of ether oxygens (including phenoxy) is 1. The Morgan fingerprint density at radius 1 is 1.25 bits per heavy atom. The normalized spacial score (nSPS) is 14.9. The molecular weight excluding hydrogens is 358 g/mol. The minimum absolute atomic E-state index is 0.275. The van der Waals surface area contributed by atoms with Crippen molar-refractivity contribution in [3.05, 3.63) is 42.4 Å². The van der Waals surface area contributed by atoms with Gasteiger partial charge in [0.05, 0.1) is 18.9 Å². The van der Waals surface area contributed by atoms with Crippen molar-refractivity contribution in [2.24, 2.45) is 0 Å². The number of carbonyl (C=O) groups excluding carboxylic acids is 1. The van der Waals surface area contributed by atoms with Gasteiger partial charge in [-0.25, -0.2) is 9.31 Å². The van der Waals surface area contributed by atoms with Crippen molar-refractivity contribution in [2.45, 2.75) is 13.5 Å². The Labute approximate surface area is 162 Å². The van der Waals surface area contributed by atoms with Gasteiger partial charge in [0, 0.05) is 44.1 Å². The number of hydrogen-bond acceptors (Lipinski definition) is 6. The van der Waals surface area contributed by atoms with Gasteiger partial charge in [-0.3, -0.25) is 15.2 Å².